The van der Waals surface area contributed by atoms with Gasteiger partial charge in [0.05, 0.1) is 23.9 Å². The highest BCUT2D eigenvalue weighted by Crippen LogP contribution is 2.31. The van der Waals surface area contributed by atoms with Gasteiger partial charge >= 0.3 is 0 Å². The molecule has 3 unspecified atom stereocenters. The minimum Gasteiger partial charge on any atom is -0.382 e. The standard InChI is InChI=1S/C25H50N2O3/c1-11-25(9,18-24(7,8)30-19(2)3)26-22(28)21-13-12-15-27(21)16-14-23(5,6)17-20(4)29-10/h19-21H,11-18H2,1-10H3,(H,26,28). The average molecular weight is 427 g/mol. The monoisotopic (exact) mass is 426 g/mol. The maximum Gasteiger partial charge on any atom is 0.237 e. The van der Waals surface area contributed by atoms with Crippen molar-refractivity contribution in [3.05, 3.63) is 0 Å². The van der Waals surface area contributed by atoms with E-state index in [1.165, 1.54) is 0 Å². The van der Waals surface area contributed by atoms with E-state index in [0.29, 0.717) is 0 Å². The van der Waals surface area contributed by atoms with Crippen LogP contribution in [0.5, 0.6) is 0 Å². The molecule has 1 fully saturated rings. The first kappa shape index (κ1) is 27.4. The van der Waals surface area contributed by atoms with Crippen molar-refractivity contribution < 1.29 is 14.3 Å². The van der Waals surface area contributed by atoms with Crippen molar-refractivity contribution in [1.29, 1.82) is 0 Å². The summed E-state index contributed by atoms with van der Waals surface area (Å²) in [6, 6.07) is -0.0133. The summed E-state index contributed by atoms with van der Waals surface area (Å²) >= 11 is 0. The average Bonchev–Trinajstić information content (AvgIpc) is 3.06. The SMILES string of the molecule is CCC(C)(CC(C)(C)OC(C)C)NC(=O)C1CCCN1CCC(C)(C)CC(C)OC. The van der Waals surface area contributed by atoms with Crippen LogP contribution in [0.3, 0.4) is 0 Å². The second kappa shape index (κ2) is 11.3. The Morgan fingerprint density at radius 3 is 2.33 bits per heavy atom. The largest absolute Gasteiger partial charge is 0.382 e. The molecular formula is C25H50N2O3. The molecule has 0 spiro atoms. The number of ether oxygens (including phenoxy) is 2. The van der Waals surface area contributed by atoms with Crippen LogP contribution in [0.4, 0.5) is 0 Å². The van der Waals surface area contributed by atoms with Crippen molar-refractivity contribution in [3.8, 4) is 0 Å². The summed E-state index contributed by atoms with van der Waals surface area (Å²) in [5, 5.41) is 3.40. The lowest BCUT2D eigenvalue weighted by Crippen LogP contribution is -2.55. The number of methoxy groups -OCH3 is 1. The molecule has 0 aromatic rings. The zero-order chi connectivity index (χ0) is 23.2. The summed E-state index contributed by atoms with van der Waals surface area (Å²) < 4.78 is 11.6. The first-order valence-corrected chi connectivity index (χ1v) is 12.0. The fourth-order valence-corrected chi connectivity index (χ4v) is 5.06. The third-order valence-electron chi connectivity index (χ3n) is 6.56. The molecule has 5 nitrogen and oxygen atoms in total. The van der Waals surface area contributed by atoms with Gasteiger partial charge in [-0.15, -0.1) is 0 Å². The molecule has 1 aliphatic rings. The van der Waals surface area contributed by atoms with Crippen LogP contribution in [-0.4, -0.2) is 60.4 Å². The molecule has 1 saturated heterocycles. The highest BCUT2D eigenvalue weighted by Gasteiger charge is 2.38. The van der Waals surface area contributed by atoms with Crippen molar-refractivity contribution in [2.75, 3.05) is 20.2 Å². The van der Waals surface area contributed by atoms with Gasteiger partial charge < -0.3 is 14.8 Å². The Bertz CT molecular complexity index is 532. The molecule has 1 aliphatic heterocycles. The number of amides is 1. The number of carbonyl (C=O) groups excluding carboxylic acids is 1. The predicted molar refractivity (Wildman–Crippen MR) is 126 cm³/mol. The van der Waals surface area contributed by atoms with E-state index in [1.807, 2.05) is 0 Å². The number of likely N-dealkylation sites (tertiary alicyclic amines) is 1. The normalized spacial score (nSPS) is 21.6. The second-order valence-corrected chi connectivity index (χ2v) is 11.4. The Kier molecular flexibility index (Phi) is 10.3. The van der Waals surface area contributed by atoms with Gasteiger partial charge in [-0.1, -0.05) is 20.8 Å². The van der Waals surface area contributed by atoms with Crippen molar-refractivity contribution in [2.45, 2.75) is 130 Å². The van der Waals surface area contributed by atoms with Gasteiger partial charge in [-0.05, 0) is 98.6 Å². The van der Waals surface area contributed by atoms with Crippen LogP contribution in [0.15, 0.2) is 0 Å². The van der Waals surface area contributed by atoms with E-state index in [2.05, 4.69) is 72.5 Å². The zero-order valence-electron chi connectivity index (χ0n) is 21.6. The van der Waals surface area contributed by atoms with Gasteiger partial charge in [0.25, 0.3) is 0 Å². The maximum atomic E-state index is 13.3. The molecule has 5 heteroatoms. The lowest BCUT2D eigenvalue weighted by atomic mass is 9.83. The lowest BCUT2D eigenvalue weighted by Gasteiger charge is -2.40. The van der Waals surface area contributed by atoms with E-state index in [-0.39, 0.29) is 40.7 Å². The minimum absolute atomic E-state index is 0.0133. The number of hydrogen-bond acceptors (Lipinski definition) is 4. The molecule has 0 aromatic carbocycles. The Morgan fingerprint density at radius 2 is 1.80 bits per heavy atom. The van der Waals surface area contributed by atoms with E-state index in [9.17, 15) is 4.79 Å². The first-order chi connectivity index (χ1) is 13.7. The molecule has 1 rings (SSSR count). The summed E-state index contributed by atoms with van der Waals surface area (Å²) in [7, 11) is 1.78. The third-order valence-corrected chi connectivity index (χ3v) is 6.56. The van der Waals surface area contributed by atoms with Crippen LogP contribution in [0, 0.1) is 5.41 Å². The Balaban J connectivity index is 2.71. The highest BCUT2D eigenvalue weighted by molar-refractivity contribution is 5.82. The Morgan fingerprint density at radius 1 is 1.17 bits per heavy atom. The fourth-order valence-electron chi connectivity index (χ4n) is 5.06. The van der Waals surface area contributed by atoms with Crippen LogP contribution in [0.25, 0.3) is 0 Å². The third kappa shape index (κ3) is 9.23. The predicted octanol–water partition coefficient (Wildman–Crippen LogP) is 5.17. The molecule has 0 radical (unpaired) electrons. The van der Waals surface area contributed by atoms with Gasteiger partial charge in [-0.25, -0.2) is 0 Å². The molecule has 1 amide bonds. The van der Waals surface area contributed by atoms with Crippen LogP contribution >= 0.6 is 0 Å². The summed E-state index contributed by atoms with van der Waals surface area (Å²) in [6.07, 6.45) is 6.28. The molecular weight excluding hydrogens is 376 g/mol. The number of nitrogens with one attached hydrogen (secondary N) is 1. The Labute approximate surface area is 186 Å². The maximum absolute atomic E-state index is 13.3. The number of nitrogens with zero attached hydrogens (tertiary/aromatic N) is 1. The van der Waals surface area contributed by atoms with Crippen LogP contribution in [0.2, 0.25) is 0 Å². The van der Waals surface area contributed by atoms with Crippen molar-refractivity contribution >= 4 is 5.91 Å². The van der Waals surface area contributed by atoms with E-state index in [1.54, 1.807) is 7.11 Å². The van der Waals surface area contributed by atoms with Gasteiger partial charge in [0.2, 0.25) is 5.91 Å². The van der Waals surface area contributed by atoms with Crippen LogP contribution in [-0.2, 0) is 14.3 Å². The smallest absolute Gasteiger partial charge is 0.237 e. The fraction of sp³-hybridized carbons (Fsp3) is 0.960. The van der Waals surface area contributed by atoms with Gasteiger partial charge in [0.1, 0.15) is 0 Å². The Hall–Kier alpha value is -0.650. The summed E-state index contributed by atoms with van der Waals surface area (Å²) in [5.41, 5.74) is -0.338. The van der Waals surface area contributed by atoms with Crippen LogP contribution in [0.1, 0.15) is 101 Å². The molecule has 0 bridgehead atoms. The van der Waals surface area contributed by atoms with Crippen LogP contribution < -0.4 is 5.32 Å². The van der Waals surface area contributed by atoms with Gasteiger partial charge in [0, 0.05) is 12.6 Å². The van der Waals surface area contributed by atoms with E-state index in [0.717, 1.165) is 51.6 Å². The zero-order valence-corrected chi connectivity index (χ0v) is 21.6. The van der Waals surface area contributed by atoms with E-state index in [4.69, 9.17) is 9.47 Å². The lowest BCUT2D eigenvalue weighted by molar-refractivity contribution is -0.129. The summed E-state index contributed by atoms with van der Waals surface area (Å²) in [4.78, 5) is 15.7. The highest BCUT2D eigenvalue weighted by atomic mass is 16.5. The molecule has 0 saturated carbocycles. The molecule has 1 N–H and O–H groups in total. The quantitative estimate of drug-likeness (QED) is 0.441. The minimum atomic E-state index is -0.274. The van der Waals surface area contributed by atoms with Gasteiger partial charge in [-0.2, -0.15) is 0 Å². The summed E-state index contributed by atoms with van der Waals surface area (Å²) in [5.74, 6) is 0.181. The van der Waals surface area contributed by atoms with Crippen molar-refractivity contribution in [1.82, 2.24) is 10.2 Å². The number of carbonyl (C=O) groups is 1. The molecule has 0 aromatic heterocycles. The van der Waals surface area contributed by atoms with Crippen molar-refractivity contribution in [2.24, 2.45) is 5.41 Å². The topological polar surface area (TPSA) is 50.8 Å². The van der Waals surface area contributed by atoms with Gasteiger partial charge in [-0.3, -0.25) is 9.69 Å². The molecule has 1 heterocycles. The number of rotatable bonds is 13. The van der Waals surface area contributed by atoms with E-state index >= 15 is 0 Å². The molecule has 0 aliphatic carbocycles. The summed E-state index contributed by atoms with van der Waals surface area (Å²) in [6.45, 7) is 21.4. The first-order valence-electron chi connectivity index (χ1n) is 12.0. The van der Waals surface area contributed by atoms with E-state index < -0.39 is 0 Å². The molecule has 178 valence electrons. The number of hydrogen-bond donors (Lipinski definition) is 1. The second-order valence-electron chi connectivity index (χ2n) is 11.4. The van der Waals surface area contributed by atoms with Gasteiger partial charge in [0.15, 0.2) is 0 Å². The van der Waals surface area contributed by atoms with Crippen molar-refractivity contribution in [3.63, 3.8) is 0 Å². The molecule has 3 atom stereocenters. The molecule has 30 heavy (non-hydrogen) atoms.